The van der Waals surface area contributed by atoms with Crippen LogP contribution in [0.5, 0.6) is 0 Å². The number of nitrogens with zero attached hydrogens (tertiary/aromatic N) is 4. The average molecular weight is 392 g/mol. The Morgan fingerprint density at radius 2 is 2.19 bits per heavy atom. The molecule has 10 heteroatoms. The van der Waals surface area contributed by atoms with Gasteiger partial charge in [-0.1, -0.05) is 12.1 Å². The second-order valence-electron chi connectivity index (χ2n) is 6.54. The van der Waals surface area contributed by atoms with Crippen molar-refractivity contribution in [2.45, 2.75) is 31.1 Å². The monoisotopic (exact) mass is 392 g/mol. The lowest BCUT2D eigenvalue weighted by Crippen LogP contribution is -2.43. The second-order valence-corrected chi connectivity index (χ2v) is 8.15. The Kier molecular flexibility index (Phi) is 6.19. The highest BCUT2D eigenvalue weighted by atomic mass is 32.2. The van der Waals surface area contributed by atoms with Crippen LogP contribution in [0.4, 0.5) is 17.6 Å². The predicted octanol–water partition coefficient (Wildman–Crippen LogP) is 1.41. The van der Waals surface area contributed by atoms with Crippen LogP contribution in [0.25, 0.3) is 0 Å². The lowest BCUT2D eigenvalue weighted by Gasteiger charge is -2.35. The Hall–Kier alpha value is -2.30. The van der Waals surface area contributed by atoms with E-state index in [2.05, 4.69) is 25.2 Å². The van der Waals surface area contributed by atoms with Crippen LogP contribution in [-0.2, 0) is 20.5 Å². The molecule has 0 bridgehead atoms. The van der Waals surface area contributed by atoms with E-state index in [1.165, 1.54) is 6.33 Å². The number of piperidine rings is 1. The highest BCUT2D eigenvalue weighted by Gasteiger charge is 2.24. The zero-order valence-corrected chi connectivity index (χ0v) is 16.0. The summed E-state index contributed by atoms with van der Waals surface area (Å²) in [6, 6.07) is 7.23. The molecule has 1 aliphatic heterocycles. The number of ether oxygens (including phenoxy) is 1. The molecule has 0 saturated carbocycles. The maximum absolute atomic E-state index is 11.3. The molecule has 1 aromatic heterocycles. The molecule has 0 amide bonds. The number of hydrogen-bond acceptors (Lipinski definition) is 8. The first-order valence-electron chi connectivity index (χ1n) is 8.75. The molecule has 0 aliphatic carbocycles. The number of primary sulfonamides is 1. The van der Waals surface area contributed by atoms with E-state index in [0.717, 1.165) is 25.8 Å². The second kappa shape index (κ2) is 8.59. The normalized spacial score (nSPS) is 17.7. The number of nitrogens with two attached hydrogens (primary N) is 1. The Labute approximate surface area is 159 Å². The zero-order valence-electron chi connectivity index (χ0n) is 15.2. The van der Waals surface area contributed by atoms with Crippen LogP contribution >= 0.6 is 0 Å². The van der Waals surface area contributed by atoms with Crippen LogP contribution < -0.4 is 15.4 Å². The summed E-state index contributed by atoms with van der Waals surface area (Å²) in [6.07, 6.45) is 4.76. The van der Waals surface area contributed by atoms with Gasteiger partial charge in [-0.05, 0) is 37.0 Å². The zero-order chi connectivity index (χ0) is 19.3. The summed E-state index contributed by atoms with van der Waals surface area (Å²) < 4.78 is 27.9. The lowest BCUT2D eigenvalue weighted by atomic mass is 10.0. The van der Waals surface area contributed by atoms with Crippen LogP contribution in [0, 0.1) is 0 Å². The average Bonchev–Trinajstić information content (AvgIpc) is 2.61. The summed E-state index contributed by atoms with van der Waals surface area (Å²) in [4.78, 5) is 15.2. The van der Waals surface area contributed by atoms with E-state index in [1.807, 2.05) is 6.07 Å². The molecule has 1 unspecified atom stereocenters. The number of rotatable bonds is 7. The van der Waals surface area contributed by atoms with Gasteiger partial charge in [-0.3, -0.25) is 0 Å². The van der Waals surface area contributed by atoms with Crippen molar-refractivity contribution in [3.05, 3.63) is 36.2 Å². The third-order valence-corrected chi connectivity index (χ3v) is 5.09. The molecule has 1 fully saturated rings. The largest absolute Gasteiger partial charge is 0.383 e. The van der Waals surface area contributed by atoms with Crippen LogP contribution in [-0.4, -0.2) is 49.7 Å². The van der Waals surface area contributed by atoms with Gasteiger partial charge in [-0.15, -0.1) is 0 Å². The number of nitrogens with one attached hydrogen (secondary N) is 1. The van der Waals surface area contributed by atoms with Crippen molar-refractivity contribution in [2.75, 3.05) is 30.5 Å². The number of sulfonamides is 1. The van der Waals surface area contributed by atoms with Crippen molar-refractivity contribution in [1.82, 2.24) is 15.0 Å². The Balaban J connectivity index is 1.77. The molecule has 0 spiro atoms. The number of methoxy groups -OCH3 is 1. The fourth-order valence-corrected chi connectivity index (χ4v) is 3.86. The summed E-state index contributed by atoms with van der Waals surface area (Å²) in [7, 11) is -1.89. The Morgan fingerprint density at radius 3 is 2.96 bits per heavy atom. The van der Waals surface area contributed by atoms with Crippen LogP contribution in [0.1, 0.15) is 24.8 Å². The number of benzene rings is 1. The first kappa shape index (κ1) is 19.5. The molecule has 1 aromatic carbocycles. The first-order valence-corrected chi connectivity index (χ1v) is 10.5. The number of anilines is 3. The minimum absolute atomic E-state index is 0.225. The van der Waals surface area contributed by atoms with E-state index >= 15 is 0 Å². The Bertz CT molecular complexity index is 874. The number of hydrogen-bond donors (Lipinski definition) is 2. The summed E-state index contributed by atoms with van der Waals surface area (Å²) in [5.41, 5.74) is 1.27. The minimum Gasteiger partial charge on any atom is -0.383 e. The molecule has 3 N–H and O–H groups in total. The van der Waals surface area contributed by atoms with Gasteiger partial charge < -0.3 is 15.0 Å². The van der Waals surface area contributed by atoms with Gasteiger partial charge in [0, 0.05) is 19.3 Å². The molecule has 1 atom stereocenters. The van der Waals surface area contributed by atoms with Gasteiger partial charge in [-0.2, -0.15) is 4.98 Å². The van der Waals surface area contributed by atoms with Crippen LogP contribution in [0.2, 0.25) is 0 Å². The van der Waals surface area contributed by atoms with Crippen molar-refractivity contribution in [3.63, 3.8) is 0 Å². The maximum Gasteiger partial charge on any atom is 0.231 e. The minimum atomic E-state index is -3.59. The van der Waals surface area contributed by atoms with Gasteiger partial charge in [0.15, 0.2) is 0 Å². The fraction of sp³-hybridized carbons (Fsp3) is 0.471. The van der Waals surface area contributed by atoms with Gasteiger partial charge in [-0.25, -0.2) is 23.5 Å². The predicted molar refractivity (Wildman–Crippen MR) is 103 cm³/mol. The molecule has 27 heavy (non-hydrogen) atoms. The molecule has 0 radical (unpaired) electrons. The van der Waals surface area contributed by atoms with Crippen molar-refractivity contribution < 1.29 is 13.2 Å². The molecular weight excluding hydrogens is 368 g/mol. The van der Waals surface area contributed by atoms with E-state index in [1.54, 1.807) is 25.3 Å². The van der Waals surface area contributed by atoms with Crippen molar-refractivity contribution in [3.8, 4) is 0 Å². The quantitative estimate of drug-likeness (QED) is 0.725. The molecule has 1 saturated heterocycles. The third-order valence-electron chi connectivity index (χ3n) is 4.35. The summed E-state index contributed by atoms with van der Waals surface area (Å²) in [6.45, 7) is 1.51. The van der Waals surface area contributed by atoms with Gasteiger partial charge in [0.2, 0.25) is 21.9 Å². The van der Waals surface area contributed by atoms with E-state index in [0.29, 0.717) is 29.8 Å². The molecule has 1 aliphatic rings. The topological polar surface area (TPSA) is 123 Å². The van der Waals surface area contributed by atoms with Gasteiger partial charge >= 0.3 is 0 Å². The fourth-order valence-electron chi connectivity index (χ4n) is 3.22. The molecule has 146 valence electrons. The van der Waals surface area contributed by atoms with Gasteiger partial charge in [0.25, 0.3) is 0 Å². The molecule has 3 rings (SSSR count). The lowest BCUT2D eigenvalue weighted by molar-refractivity contribution is 0.165. The highest BCUT2D eigenvalue weighted by molar-refractivity contribution is 7.88. The van der Waals surface area contributed by atoms with E-state index in [4.69, 9.17) is 9.88 Å². The molecule has 2 heterocycles. The van der Waals surface area contributed by atoms with E-state index in [9.17, 15) is 8.42 Å². The van der Waals surface area contributed by atoms with Crippen LogP contribution in [0.15, 0.2) is 30.6 Å². The van der Waals surface area contributed by atoms with Crippen molar-refractivity contribution >= 4 is 27.6 Å². The highest BCUT2D eigenvalue weighted by Crippen LogP contribution is 2.23. The third kappa shape index (κ3) is 5.59. The molecule has 2 aromatic rings. The molecular formula is C17H24N6O3S. The van der Waals surface area contributed by atoms with Gasteiger partial charge in [0.1, 0.15) is 6.33 Å². The van der Waals surface area contributed by atoms with Crippen molar-refractivity contribution in [2.24, 2.45) is 5.14 Å². The Morgan fingerprint density at radius 1 is 1.33 bits per heavy atom. The van der Waals surface area contributed by atoms with Gasteiger partial charge in [0.05, 0.1) is 18.4 Å². The first-order chi connectivity index (χ1) is 12.9. The SMILES string of the molecule is COCC1CCCCN1c1ncnc(Nc2cccc(CS(N)(=O)=O)c2)n1. The smallest absolute Gasteiger partial charge is 0.231 e. The standard InChI is InChI=1S/C17H24N6O3S/c1-26-10-15-7-2-3-8-23(15)17-20-12-19-16(22-17)21-14-6-4-5-13(9-14)11-27(18,24)25/h4-6,9,12,15H,2-3,7-8,10-11H2,1H3,(H2,18,24,25)(H,19,20,21,22). The molecule has 9 nitrogen and oxygen atoms in total. The summed E-state index contributed by atoms with van der Waals surface area (Å²) >= 11 is 0. The van der Waals surface area contributed by atoms with Crippen molar-refractivity contribution in [1.29, 1.82) is 0 Å². The van der Waals surface area contributed by atoms with E-state index in [-0.39, 0.29) is 11.8 Å². The van der Waals surface area contributed by atoms with Crippen LogP contribution in [0.3, 0.4) is 0 Å². The number of aromatic nitrogens is 3. The van der Waals surface area contributed by atoms with E-state index < -0.39 is 10.0 Å². The summed E-state index contributed by atoms with van der Waals surface area (Å²) in [5, 5.41) is 8.21. The maximum atomic E-state index is 11.3. The summed E-state index contributed by atoms with van der Waals surface area (Å²) in [5.74, 6) is 0.779.